The maximum Gasteiger partial charge on any atom is 0.134 e. The van der Waals surface area contributed by atoms with E-state index in [0.29, 0.717) is 5.92 Å². The van der Waals surface area contributed by atoms with Crippen LogP contribution in [-0.2, 0) is 6.42 Å². The summed E-state index contributed by atoms with van der Waals surface area (Å²) in [4.78, 5) is 0. The van der Waals surface area contributed by atoms with Gasteiger partial charge in [0.25, 0.3) is 0 Å². The molecule has 2 fully saturated rings. The standard InChI is InChI=1S/C28H37F/c1-3-5-20-7-9-21(10-8-20)22-11-13-23(14-12-22)25-17-18-27-26(19-25)16-15-24(6-4-2)28(27)29/h3,5,15-23H,4,6-14H2,1-2H3/b5-3+. The van der Waals surface area contributed by atoms with Gasteiger partial charge in [-0.25, -0.2) is 4.39 Å². The minimum Gasteiger partial charge on any atom is -0.206 e. The molecule has 4 rings (SSSR count). The number of halogens is 1. The van der Waals surface area contributed by atoms with Crippen LogP contribution in [0, 0.1) is 23.6 Å². The summed E-state index contributed by atoms with van der Waals surface area (Å²) in [5.41, 5.74) is 2.28. The van der Waals surface area contributed by atoms with E-state index < -0.39 is 0 Å². The molecule has 0 saturated heterocycles. The van der Waals surface area contributed by atoms with Crippen LogP contribution >= 0.6 is 0 Å². The first-order chi connectivity index (χ1) is 14.2. The Labute approximate surface area is 176 Å². The molecule has 2 aliphatic carbocycles. The monoisotopic (exact) mass is 392 g/mol. The highest BCUT2D eigenvalue weighted by Crippen LogP contribution is 2.44. The molecule has 0 aliphatic heterocycles. The second-order valence-electron chi connectivity index (χ2n) is 9.58. The van der Waals surface area contributed by atoms with Crippen molar-refractivity contribution in [3.8, 4) is 0 Å². The Hall–Kier alpha value is -1.63. The zero-order chi connectivity index (χ0) is 20.2. The molecule has 0 atom stereocenters. The molecule has 0 N–H and O–H groups in total. The fourth-order valence-corrected chi connectivity index (χ4v) is 6.08. The van der Waals surface area contributed by atoms with E-state index in [1.807, 2.05) is 12.1 Å². The molecule has 2 aromatic rings. The number of allylic oxidation sites excluding steroid dienone is 2. The lowest BCUT2D eigenvalue weighted by molar-refractivity contribution is 0.171. The number of hydrogen-bond donors (Lipinski definition) is 0. The number of rotatable bonds is 5. The van der Waals surface area contributed by atoms with Gasteiger partial charge in [-0.3, -0.25) is 0 Å². The van der Waals surface area contributed by atoms with Gasteiger partial charge in [-0.05, 0) is 105 Å². The van der Waals surface area contributed by atoms with E-state index in [1.54, 1.807) is 0 Å². The molecule has 2 aliphatic rings. The highest BCUT2D eigenvalue weighted by molar-refractivity contribution is 5.84. The van der Waals surface area contributed by atoms with Gasteiger partial charge in [0.1, 0.15) is 5.82 Å². The predicted octanol–water partition coefficient (Wildman–Crippen LogP) is 8.59. The second-order valence-corrected chi connectivity index (χ2v) is 9.58. The molecule has 0 aromatic heterocycles. The summed E-state index contributed by atoms with van der Waals surface area (Å²) >= 11 is 0. The van der Waals surface area contributed by atoms with Gasteiger partial charge in [0.2, 0.25) is 0 Å². The van der Waals surface area contributed by atoms with Crippen LogP contribution in [-0.4, -0.2) is 0 Å². The quantitative estimate of drug-likeness (QED) is 0.447. The van der Waals surface area contributed by atoms with Gasteiger partial charge in [-0.15, -0.1) is 0 Å². The van der Waals surface area contributed by atoms with E-state index in [9.17, 15) is 4.39 Å². The average Bonchev–Trinajstić information content (AvgIpc) is 2.76. The first kappa shape index (κ1) is 20.6. The Kier molecular flexibility index (Phi) is 6.73. The summed E-state index contributed by atoms with van der Waals surface area (Å²) in [5.74, 6) is 3.39. The fraction of sp³-hybridized carbons (Fsp3) is 0.571. The highest BCUT2D eigenvalue weighted by atomic mass is 19.1. The smallest absolute Gasteiger partial charge is 0.134 e. The van der Waals surface area contributed by atoms with E-state index in [0.717, 1.165) is 46.9 Å². The lowest BCUT2D eigenvalue weighted by atomic mass is 9.68. The van der Waals surface area contributed by atoms with Crippen molar-refractivity contribution in [2.24, 2.45) is 17.8 Å². The van der Waals surface area contributed by atoms with Crippen molar-refractivity contribution >= 4 is 10.8 Å². The lowest BCUT2D eigenvalue weighted by Gasteiger charge is -2.37. The molecule has 0 bridgehead atoms. The Morgan fingerprint density at radius 2 is 1.59 bits per heavy atom. The predicted molar refractivity (Wildman–Crippen MR) is 123 cm³/mol. The van der Waals surface area contributed by atoms with Gasteiger partial charge < -0.3 is 0 Å². The first-order valence-corrected chi connectivity index (χ1v) is 12.0. The molecular weight excluding hydrogens is 355 g/mol. The molecule has 0 radical (unpaired) electrons. The van der Waals surface area contributed by atoms with Gasteiger partial charge in [-0.1, -0.05) is 55.8 Å². The number of fused-ring (bicyclic) bond motifs is 1. The molecule has 2 aromatic carbocycles. The molecule has 0 nitrogen and oxygen atoms in total. The van der Waals surface area contributed by atoms with Crippen LogP contribution in [0.2, 0.25) is 0 Å². The molecular formula is C28H37F. The van der Waals surface area contributed by atoms with Crippen molar-refractivity contribution in [2.45, 2.75) is 84.0 Å². The summed E-state index contributed by atoms with van der Waals surface area (Å²) < 4.78 is 14.8. The molecule has 29 heavy (non-hydrogen) atoms. The van der Waals surface area contributed by atoms with Crippen LogP contribution in [0.15, 0.2) is 42.5 Å². The molecule has 0 heterocycles. The number of aryl methyl sites for hydroxylation is 1. The van der Waals surface area contributed by atoms with Crippen molar-refractivity contribution in [3.63, 3.8) is 0 Å². The van der Waals surface area contributed by atoms with Crippen LogP contribution in [0.5, 0.6) is 0 Å². The molecule has 2 saturated carbocycles. The number of hydrogen-bond acceptors (Lipinski definition) is 0. The number of benzene rings is 2. The van der Waals surface area contributed by atoms with E-state index in [1.165, 1.54) is 56.9 Å². The summed E-state index contributed by atoms with van der Waals surface area (Å²) in [7, 11) is 0. The molecule has 0 amide bonds. The Bertz CT molecular complexity index is 833. The highest BCUT2D eigenvalue weighted by Gasteiger charge is 2.30. The summed E-state index contributed by atoms with van der Waals surface area (Å²) in [6, 6.07) is 10.6. The van der Waals surface area contributed by atoms with Gasteiger partial charge in [-0.2, -0.15) is 0 Å². The van der Waals surface area contributed by atoms with Crippen molar-refractivity contribution < 1.29 is 4.39 Å². The minimum absolute atomic E-state index is 0.00636. The summed E-state index contributed by atoms with van der Waals surface area (Å²) in [5, 5.41) is 1.87. The van der Waals surface area contributed by atoms with Crippen molar-refractivity contribution in [2.75, 3.05) is 0 Å². The van der Waals surface area contributed by atoms with E-state index >= 15 is 0 Å². The lowest BCUT2D eigenvalue weighted by Crippen LogP contribution is -2.25. The fourth-order valence-electron chi connectivity index (χ4n) is 6.08. The molecule has 1 heteroatoms. The molecule has 0 spiro atoms. The third-order valence-corrected chi connectivity index (χ3v) is 7.77. The summed E-state index contributed by atoms with van der Waals surface area (Å²) in [6.07, 6.45) is 17.5. The van der Waals surface area contributed by atoms with Crippen LogP contribution < -0.4 is 0 Å². The maximum absolute atomic E-state index is 14.8. The van der Waals surface area contributed by atoms with Crippen LogP contribution in [0.25, 0.3) is 10.8 Å². The normalized spacial score (nSPS) is 28.2. The Balaban J connectivity index is 1.38. The minimum atomic E-state index is -0.00636. The largest absolute Gasteiger partial charge is 0.206 e. The second kappa shape index (κ2) is 9.45. The van der Waals surface area contributed by atoms with Crippen LogP contribution in [0.1, 0.15) is 88.7 Å². The van der Waals surface area contributed by atoms with Gasteiger partial charge in [0.05, 0.1) is 0 Å². The van der Waals surface area contributed by atoms with E-state index in [-0.39, 0.29) is 5.82 Å². The zero-order valence-electron chi connectivity index (χ0n) is 18.3. The summed E-state index contributed by atoms with van der Waals surface area (Å²) in [6.45, 7) is 4.26. The van der Waals surface area contributed by atoms with Gasteiger partial charge >= 0.3 is 0 Å². The third-order valence-electron chi connectivity index (χ3n) is 7.77. The maximum atomic E-state index is 14.8. The van der Waals surface area contributed by atoms with Gasteiger partial charge in [0.15, 0.2) is 0 Å². The molecule has 0 unspecified atom stereocenters. The van der Waals surface area contributed by atoms with E-state index in [2.05, 4.69) is 44.2 Å². The van der Waals surface area contributed by atoms with Crippen LogP contribution in [0.4, 0.5) is 4.39 Å². The SMILES string of the molecule is C/C=C/C1CCC(C2CCC(c3ccc4c(F)c(CCC)ccc4c3)CC2)CC1. The van der Waals surface area contributed by atoms with Crippen molar-refractivity contribution in [1.29, 1.82) is 0 Å². The molecule has 156 valence electrons. The average molecular weight is 393 g/mol. The first-order valence-electron chi connectivity index (χ1n) is 12.0. The van der Waals surface area contributed by atoms with Crippen LogP contribution in [0.3, 0.4) is 0 Å². The van der Waals surface area contributed by atoms with Crippen molar-refractivity contribution in [3.05, 3.63) is 59.4 Å². The Morgan fingerprint density at radius 3 is 2.24 bits per heavy atom. The van der Waals surface area contributed by atoms with Gasteiger partial charge in [0, 0.05) is 5.39 Å². The van der Waals surface area contributed by atoms with E-state index in [4.69, 9.17) is 0 Å². The topological polar surface area (TPSA) is 0 Å². The van der Waals surface area contributed by atoms with Crippen molar-refractivity contribution in [1.82, 2.24) is 0 Å². The Morgan fingerprint density at radius 1 is 0.897 bits per heavy atom. The zero-order valence-corrected chi connectivity index (χ0v) is 18.3. The third kappa shape index (κ3) is 4.60.